The number of rotatable bonds is 3. The number of carbonyl (C=O) groups excluding carboxylic acids is 2. The van der Waals surface area contributed by atoms with Crippen LogP contribution in [0, 0.1) is 0 Å². The Labute approximate surface area is 165 Å². The van der Waals surface area contributed by atoms with E-state index < -0.39 is 6.17 Å². The summed E-state index contributed by atoms with van der Waals surface area (Å²) in [4.78, 5) is 28.7. The molecule has 7 nitrogen and oxygen atoms in total. The van der Waals surface area contributed by atoms with Crippen molar-refractivity contribution in [3.05, 3.63) is 52.0 Å². The minimum Gasteiger partial charge on any atom is -0.454 e. The van der Waals surface area contributed by atoms with E-state index in [0.717, 1.165) is 15.7 Å². The number of halogens is 1. The van der Waals surface area contributed by atoms with E-state index in [9.17, 15) is 9.59 Å². The Morgan fingerprint density at radius 3 is 2.85 bits per heavy atom. The number of anilines is 1. The largest absolute Gasteiger partial charge is 0.454 e. The molecule has 27 heavy (non-hydrogen) atoms. The first-order valence-electron chi connectivity index (χ1n) is 8.43. The van der Waals surface area contributed by atoms with Crippen molar-refractivity contribution in [3.63, 3.8) is 0 Å². The van der Waals surface area contributed by atoms with Crippen LogP contribution >= 0.6 is 15.9 Å². The van der Waals surface area contributed by atoms with Crippen molar-refractivity contribution in [2.45, 2.75) is 6.17 Å². The van der Waals surface area contributed by atoms with Gasteiger partial charge in [-0.1, -0.05) is 12.1 Å². The Bertz CT molecular complexity index is 933. The fourth-order valence-corrected chi connectivity index (χ4v) is 4.07. The van der Waals surface area contributed by atoms with Crippen molar-refractivity contribution < 1.29 is 19.1 Å². The minimum absolute atomic E-state index is 0.0995. The molecular weight excluding hydrogens is 414 g/mol. The molecule has 0 spiro atoms. The molecule has 2 aromatic rings. The summed E-state index contributed by atoms with van der Waals surface area (Å²) >= 11 is 3.51. The number of nitrogens with zero attached hydrogens (tertiary/aromatic N) is 2. The molecule has 2 heterocycles. The zero-order valence-electron chi connectivity index (χ0n) is 14.9. The first kappa shape index (κ1) is 17.7. The molecule has 1 atom stereocenters. The van der Waals surface area contributed by atoms with Gasteiger partial charge in [0.15, 0.2) is 11.5 Å². The summed E-state index contributed by atoms with van der Waals surface area (Å²) in [5, 5.41) is 2.66. The number of carbonyl (C=O) groups is 2. The average molecular weight is 432 g/mol. The van der Waals surface area contributed by atoms with Crippen LogP contribution in [-0.2, 0) is 4.79 Å². The van der Waals surface area contributed by atoms with Gasteiger partial charge < -0.3 is 24.6 Å². The summed E-state index contributed by atoms with van der Waals surface area (Å²) in [6.07, 6.45) is -0.463. The van der Waals surface area contributed by atoms with Crippen LogP contribution < -0.4 is 19.7 Å². The third-order valence-electron chi connectivity index (χ3n) is 4.77. The lowest BCUT2D eigenvalue weighted by atomic mass is 10.0. The van der Waals surface area contributed by atoms with Crippen LogP contribution in [0.3, 0.4) is 0 Å². The molecule has 0 bridgehead atoms. The van der Waals surface area contributed by atoms with E-state index in [1.54, 1.807) is 25.1 Å². The quantitative estimate of drug-likeness (QED) is 0.808. The number of ether oxygens (including phenoxy) is 2. The molecule has 8 heteroatoms. The number of likely N-dealkylation sites (N-methyl/N-ethyl adjacent to an activating group) is 1. The summed E-state index contributed by atoms with van der Waals surface area (Å²) in [5.74, 6) is 1.01. The van der Waals surface area contributed by atoms with E-state index in [2.05, 4.69) is 21.2 Å². The summed E-state index contributed by atoms with van der Waals surface area (Å²) in [7, 11) is 3.33. The number of hydrogen-bond donors (Lipinski definition) is 1. The maximum atomic E-state index is 13.0. The average Bonchev–Trinajstić information content (AvgIpc) is 3.15. The molecule has 0 saturated heterocycles. The molecule has 140 valence electrons. The topological polar surface area (TPSA) is 71.1 Å². The number of fused-ring (bicyclic) bond motifs is 2. The van der Waals surface area contributed by atoms with E-state index in [-0.39, 0.29) is 25.2 Å². The second-order valence-electron chi connectivity index (χ2n) is 6.34. The zero-order valence-corrected chi connectivity index (χ0v) is 16.4. The van der Waals surface area contributed by atoms with Gasteiger partial charge in [-0.3, -0.25) is 9.59 Å². The van der Waals surface area contributed by atoms with Gasteiger partial charge in [0, 0.05) is 14.1 Å². The SMILES string of the molecule is CNC(=O)CN1c2ccccc2C(=O)N(C)[C@@H]1c1cc(Br)c2c(c1)OCO2. The summed E-state index contributed by atoms with van der Waals surface area (Å²) in [5.41, 5.74) is 2.11. The smallest absolute Gasteiger partial charge is 0.257 e. The Morgan fingerprint density at radius 2 is 2.07 bits per heavy atom. The van der Waals surface area contributed by atoms with Gasteiger partial charge in [-0.15, -0.1) is 0 Å². The fraction of sp³-hybridized carbons (Fsp3) is 0.263. The fourth-order valence-electron chi connectivity index (χ4n) is 3.49. The highest BCUT2D eigenvalue weighted by atomic mass is 79.9. The van der Waals surface area contributed by atoms with Crippen LogP contribution in [0.5, 0.6) is 11.5 Å². The van der Waals surface area contributed by atoms with Gasteiger partial charge in [0.05, 0.1) is 22.3 Å². The predicted molar refractivity (Wildman–Crippen MR) is 103 cm³/mol. The molecule has 0 saturated carbocycles. The molecule has 0 radical (unpaired) electrons. The van der Waals surface area contributed by atoms with E-state index in [4.69, 9.17) is 9.47 Å². The van der Waals surface area contributed by atoms with Gasteiger partial charge in [0.1, 0.15) is 6.17 Å². The maximum Gasteiger partial charge on any atom is 0.257 e. The zero-order chi connectivity index (χ0) is 19.1. The van der Waals surface area contributed by atoms with E-state index >= 15 is 0 Å². The van der Waals surface area contributed by atoms with E-state index in [0.29, 0.717) is 17.1 Å². The molecule has 2 aromatic carbocycles. The van der Waals surface area contributed by atoms with E-state index in [1.165, 1.54) is 0 Å². The second kappa shape index (κ2) is 6.77. The Balaban J connectivity index is 1.85. The van der Waals surface area contributed by atoms with Gasteiger partial charge in [0.2, 0.25) is 12.7 Å². The van der Waals surface area contributed by atoms with Crippen molar-refractivity contribution in [1.82, 2.24) is 10.2 Å². The van der Waals surface area contributed by atoms with E-state index in [1.807, 2.05) is 35.2 Å². The summed E-state index contributed by atoms with van der Waals surface area (Å²) in [6, 6.07) is 11.1. The Kier molecular flexibility index (Phi) is 4.43. The predicted octanol–water partition coefficient (Wildman–Crippen LogP) is 2.51. The molecule has 0 unspecified atom stereocenters. The van der Waals surface area contributed by atoms with Crippen molar-refractivity contribution in [2.24, 2.45) is 0 Å². The van der Waals surface area contributed by atoms with Crippen molar-refractivity contribution in [3.8, 4) is 11.5 Å². The molecule has 4 rings (SSSR count). The van der Waals surface area contributed by atoms with Crippen LogP contribution in [0.1, 0.15) is 22.1 Å². The van der Waals surface area contributed by atoms with Crippen LogP contribution in [0.25, 0.3) is 0 Å². The highest BCUT2D eigenvalue weighted by Gasteiger charge is 2.38. The lowest BCUT2D eigenvalue weighted by Gasteiger charge is -2.44. The number of amides is 2. The van der Waals surface area contributed by atoms with Crippen LogP contribution in [0.4, 0.5) is 5.69 Å². The summed E-state index contributed by atoms with van der Waals surface area (Å²) in [6.45, 7) is 0.267. The number of hydrogen-bond acceptors (Lipinski definition) is 5. The van der Waals surface area contributed by atoms with Gasteiger partial charge in [-0.25, -0.2) is 0 Å². The molecule has 1 N–H and O–H groups in total. The third-order valence-corrected chi connectivity index (χ3v) is 5.36. The first-order chi connectivity index (χ1) is 13.0. The van der Waals surface area contributed by atoms with Gasteiger partial charge >= 0.3 is 0 Å². The highest BCUT2D eigenvalue weighted by molar-refractivity contribution is 9.10. The lowest BCUT2D eigenvalue weighted by Crippen LogP contribution is -2.50. The van der Waals surface area contributed by atoms with Crippen LogP contribution in [-0.4, -0.2) is 44.1 Å². The monoisotopic (exact) mass is 431 g/mol. The van der Waals surface area contributed by atoms with Crippen molar-refractivity contribution in [1.29, 1.82) is 0 Å². The van der Waals surface area contributed by atoms with Crippen LogP contribution in [0.15, 0.2) is 40.9 Å². The number of para-hydroxylation sites is 1. The second-order valence-corrected chi connectivity index (χ2v) is 7.20. The number of benzene rings is 2. The molecule has 2 aliphatic rings. The van der Waals surface area contributed by atoms with Gasteiger partial charge in [0.25, 0.3) is 5.91 Å². The van der Waals surface area contributed by atoms with Gasteiger partial charge in [-0.2, -0.15) is 0 Å². The number of nitrogens with one attached hydrogen (secondary N) is 1. The van der Waals surface area contributed by atoms with Crippen molar-refractivity contribution in [2.75, 3.05) is 32.3 Å². The highest BCUT2D eigenvalue weighted by Crippen LogP contribution is 2.44. The normalized spacial score (nSPS) is 17.7. The van der Waals surface area contributed by atoms with Crippen LogP contribution in [0.2, 0.25) is 0 Å². The first-order valence-corrected chi connectivity index (χ1v) is 9.23. The molecule has 0 aliphatic carbocycles. The molecule has 0 aromatic heterocycles. The minimum atomic E-state index is -0.463. The third kappa shape index (κ3) is 2.90. The maximum absolute atomic E-state index is 13.0. The van der Waals surface area contributed by atoms with Crippen molar-refractivity contribution >= 4 is 33.4 Å². The van der Waals surface area contributed by atoms with Gasteiger partial charge in [-0.05, 0) is 45.8 Å². The molecule has 2 aliphatic heterocycles. The molecule has 2 amide bonds. The summed E-state index contributed by atoms with van der Waals surface area (Å²) < 4.78 is 11.7. The Morgan fingerprint density at radius 1 is 1.30 bits per heavy atom. The molecular formula is C19H18BrN3O4. The molecule has 0 fully saturated rings. The lowest BCUT2D eigenvalue weighted by molar-refractivity contribution is -0.119. The Hall–Kier alpha value is -2.74. The standard InChI is InChI=1S/C19H18BrN3O4/c1-21-16(24)9-23-14-6-4-3-5-12(14)19(25)22(2)18(23)11-7-13(20)17-15(8-11)26-10-27-17/h3-8,18H,9-10H2,1-2H3,(H,21,24)/t18-/m0/s1.